The zero-order valence-corrected chi connectivity index (χ0v) is 46.2. The molecule has 424 valence electrons. The summed E-state index contributed by atoms with van der Waals surface area (Å²) in [5, 5.41) is 10.4. The van der Waals surface area contributed by atoms with Crippen LogP contribution in [0.4, 0.5) is 73.6 Å². The minimum atomic E-state index is -4.65. The maximum atomic E-state index is 14.2. The Bertz CT molecular complexity index is 4770. The van der Waals surface area contributed by atoms with E-state index in [-0.39, 0.29) is 0 Å². The van der Waals surface area contributed by atoms with Crippen LogP contribution in [0, 0.1) is 6.92 Å². The summed E-state index contributed by atoms with van der Waals surface area (Å²) in [6.45, 7) is 1.98. The van der Waals surface area contributed by atoms with Crippen molar-refractivity contribution < 1.29 is 39.5 Å². The summed E-state index contributed by atoms with van der Waals surface area (Å²) in [5.74, 6) is 0. The molecule has 11 heteroatoms. The number of nitrogens with zero attached hydrogens (tertiary/aromatic N) is 2. The molecule has 0 fully saturated rings. The third-order valence-electron chi connectivity index (χ3n) is 16.5. The van der Waals surface area contributed by atoms with Crippen LogP contribution in [0.25, 0.3) is 98.0 Å². The predicted octanol–water partition coefficient (Wildman–Crippen LogP) is 23.9. The molecule has 14 aromatic carbocycles. The van der Waals surface area contributed by atoms with E-state index >= 15 is 0 Å². The predicted molar refractivity (Wildman–Crippen MR) is 337 cm³/mol. The molecule has 14 rings (SSSR count). The van der Waals surface area contributed by atoms with Crippen LogP contribution in [0.2, 0.25) is 0 Å². The van der Waals surface area contributed by atoms with Gasteiger partial charge in [-0.2, -0.15) is 39.5 Å². The highest BCUT2D eigenvalue weighted by Gasteiger charge is 2.34. The van der Waals surface area contributed by atoms with Gasteiger partial charge >= 0.3 is 18.5 Å². The highest BCUT2D eigenvalue weighted by atomic mass is 19.4. The normalized spacial score (nSPS) is 12.3. The number of aryl methyl sites for hydroxylation is 1. The topological polar surface area (TPSA) is 6.48 Å². The van der Waals surface area contributed by atoms with Gasteiger partial charge in [-0.1, -0.05) is 163 Å². The Kier molecular flexibility index (Phi) is 13.2. The summed E-state index contributed by atoms with van der Waals surface area (Å²) in [7, 11) is 0. The molecular weight excluding hydrogens is 1110 g/mol. The first-order valence-electron chi connectivity index (χ1n) is 28.1. The van der Waals surface area contributed by atoms with Gasteiger partial charge in [-0.05, 0) is 193 Å². The number of fused-ring (bicyclic) bond motifs is 6. The van der Waals surface area contributed by atoms with Gasteiger partial charge in [0.15, 0.2) is 0 Å². The molecule has 0 aliphatic rings. The first-order valence-corrected chi connectivity index (χ1v) is 28.1. The van der Waals surface area contributed by atoms with Crippen molar-refractivity contribution in [2.75, 3.05) is 9.80 Å². The monoisotopic (exact) mass is 1160 g/mol. The molecule has 0 radical (unpaired) electrons. The lowest BCUT2D eigenvalue weighted by atomic mass is 9.83. The van der Waals surface area contributed by atoms with Crippen molar-refractivity contribution in [1.29, 1.82) is 0 Å². The lowest BCUT2D eigenvalue weighted by molar-refractivity contribution is -0.138. The van der Waals surface area contributed by atoms with Crippen LogP contribution >= 0.6 is 0 Å². The molecule has 0 unspecified atom stereocenters. The van der Waals surface area contributed by atoms with Crippen LogP contribution in [0.1, 0.15) is 22.3 Å². The van der Waals surface area contributed by atoms with Gasteiger partial charge in [0.2, 0.25) is 0 Å². The maximum absolute atomic E-state index is 14.2. The zero-order valence-electron chi connectivity index (χ0n) is 46.2. The molecule has 0 aliphatic heterocycles. The third-order valence-corrected chi connectivity index (χ3v) is 16.5. The van der Waals surface area contributed by atoms with Crippen LogP contribution in [0.15, 0.2) is 267 Å². The fraction of sp³-hybridized carbons (Fsp3) is 0.0526. The summed E-state index contributed by atoms with van der Waals surface area (Å²) in [5.41, 5.74) is 6.93. The van der Waals surface area contributed by atoms with E-state index < -0.39 is 35.2 Å². The molecule has 14 aromatic rings. The first-order chi connectivity index (χ1) is 42.0. The summed E-state index contributed by atoms with van der Waals surface area (Å²) in [4.78, 5) is 3.75. The largest absolute Gasteiger partial charge is 0.416 e. The van der Waals surface area contributed by atoms with Crippen molar-refractivity contribution in [2.45, 2.75) is 25.5 Å². The average molecular weight is 1160 g/mol. The summed E-state index contributed by atoms with van der Waals surface area (Å²) in [6, 6.07) is 79.4. The number of hydrogen-bond acceptors (Lipinski definition) is 2. The molecule has 0 saturated carbocycles. The summed E-state index contributed by atoms with van der Waals surface area (Å²) in [6.07, 6.45) is -13.9. The summed E-state index contributed by atoms with van der Waals surface area (Å²) >= 11 is 0. The van der Waals surface area contributed by atoms with Crippen LogP contribution in [0.5, 0.6) is 0 Å². The van der Waals surface area contributed by atoms with Crippen LogP contribution in [-0.4, -0.2) is 0 Å². The Hall–Kier alpha value is -10.4. The molecular formula is C76H47F9N2. The highest BCUT2D eigenvalue weighted by molar-refractivity contribution is 6.26. The smallest absolute Gasteiger partial charge is 0.309 e. The lowest BCUT2D eigenvalue weighted by Crippen LogP contribution is -2.13. The van der Waals surface area contributed by atoms with Crippen LogP contribution < -0.4 is 9.80 Å². The molecule has 2 nitrogen and oxygen atoms in total. The lowest BCUT2D eigenvalue weighted by Gasteiger charge is -2.30. The van der Waals surface area contributed by atoms with Crippen molar-refractivity contribution in [1.82, 2.24) is 0 Å². The Morgan fingerprint density at radius 2 is 0.471 bits per heavy atom. The van der Waals surface area contributed by atoms with Crippen molar-refractivity contribution in [2.24, 2.45) is 0 Å². The van der Waals surface area contributed by atoms with E-state index in [1.54, 1.807) is 4.90 Å². The van der Waals surface area contributed by atoms with Gasteiger partial charge in [0, 0.05) is 44.3 Å². The molecule has 0 bridgehead atoms. The van der Waals surface area contributed by atoms with Gasteiger partial charge < -0.3 is 9.80 Å². The Balaban J connectivity index is 1.09. The van der Waals surface area contributed by atoms with Crippen molar-refractivity contribution in [3.05, 3.63) is 289 Å². The minimum Gasteiger partial charge on any atom is -0.309 e. The molecule has 87 heavy (non-hydrogen) atoms. The molecule has 0 saturated heterocycles. The van der Waals surface area contributed by atoms with Crippen molar-refractivity contribution >= 4 is 98.8 Å². The van der Waals surface area contributed by atoms with Gasteiger partial charge in [-0.15, -0.1) is 0 Å². The van der Waals surface area contributed by atoms with E-state index in [1.165, 1.54) is 36.4 Å². The van der Waals surface area contributed by atoms with Gasteiger partial charge in [-0.25, -0.2) is 0 Å². The maximum Gasteiger partial charge on any atom is 0.416 e. The van der Waals surface area contributed by atoms with Gasteiger partial charge in [0.05, 0.1) is 28.1 Å². The molecule has 0 spiro atoms. The standard InChI is InChI=1S/C76H47F9N2/c1-46-26-34-55(35-27-46)86(56-36-28-52(29-37-56)74(77,78)79)72-65-22-10-6-18-61(65)70(62-19-7-11-23-66(62)72)50-43-49(69-59-16-4-2-14-47(59)42-48-15-3-5-17-60(48)69)44-51(45-50)71-63-20-8-12-24-67(63)73(68-25-13-9-21-64(68)71)87(57-38-30-53(31-39-57)75(80,81)82)58-40-32-54(33-41-58)76(83,84)85/h2-45H,1H3. The second-order valence-corrected chi connectivity index (χ2v) is 21.8. The first kappa shape index (κ1) is 54.5. The second kappa shape index (κ2) is 21.0. The number of halogens is 9. The number of anilines is 6. The van der Waals surface area contributed by atoms with E-state index in [1.807, 2.05) is 145 Å². The van der Waals surface area contributed by atoms with Crippen molar-refractivity contribution in [3.63, 3.8) is 0 Å². The fourth-order valence-electron chi connectivity index (χ4n) is 12.6. The molecule has 0 heterocycles. The third kappa shape index (κ3) is 9.69. The number of alkyl halides is 9. The van der Waals surface area contributed by atoms with Crippen molar-refractivity contribution in [3.8, 4) is 33.4 Å². The van der Waals surface area contributed by atoms with Gasteiger partial charge in [-0.3, -0.25) is 0 Å². The Morgan fingerprint density at radius 3 is 0.747 bits per heavy atom. The van der Waals surface area contributed by atoms with Gasteiger partial charge in [0.1, 0.15) is 0 Å². The second-order valence-electron chi connectivity index (χ2n) is 21.8. The van der Waals surface area contributed by atoms with Crippen LogP contribution in [0.3, 0.4) is 0 Å². The highest BCUT2D eigenvalue weighted by Crippen LogP contribution is 2.53. The van der Waals surface area contributed by atoms with E-state index in [0.717, 1.165) is 141 Å². The SMILES string of the molecule is Cc1ccc(N(c2ccc(C(F)(F)F)cc2)c2c3ccccc3c(-c3cc(-c4c5ccccc5cc5ccccc45)cc(-c4c5ccccc5c(N(c5ccc(C(F)(F)F)cc5)c5ccc(C(F)(F)F)cc5)c5ccccc45)c3)c3ccccc23)cc1. The molecule has 0 aromatic heterocycles. The van der Waals surface area contributed by atoms with E-state index in [9.17, 15) is 39.5 Å². The number of benzene rings is 14. The van der Waals surface area contributed by atoms with Crippen LogP contribution in [-0.2, 0) is 18.5 Å². The zero-order chi connectivity index (χ0) is 59.9. The van der Waals surface area contributed by atoms with E-state index in [4.69, 9.17) is 0 Å². The summed E-state index contributed by atoms with van der Waals surface area (Å²) < 4.78 is 128. The number of rotatable bonds is 9. The Labute approximate surface area is 493 Å². The van der Waals surface area contributed by atoms with Gasteiger partial charge in [0.25, 0.3) is 0 Å². The molecule has 0 amide bonds. The molecule has 0 atom stereocenters. The average Bonchev–Trinajstić information content (AvgIpc) is 0.857. The fourth-order valence-corrected chi connectivity index (χ4v) is 12.6. The number of hydrogen-bond donors (Lipinski definition) is 0. The minimum absolute atomic E-state index is 0.291. The molecule has 0 aliphatic carbocycles. The quantitative estimate of drug-likeness (QED) is 0.105. The van der Waals surface area contributed by atoms with E-state index in [2.05, 4.69) is 60.7 Å². The Morgan fingerprint density at radius 1 is 0.241 bits per heavy atom. The van der Waals surface area contributed by atoms with E-state index in [0.29, 0.717) is 33.5 Å². The molecule has 0 N–H and O–H groups in total.